The van der Waals surface area contributed by atoms with Crippen LogP contribution in [-0.4, -0.2) is 72.8 Å². The number of sulfonamides is 1. The van der Waals surface area contributed by atoms with Crippen LogP contribution in [0.4, 0.5) is 5.69 Å². The average molecular weight is 406 g/mol. The summed E-state index contributed by atoms with van der Waals surface area (Å²) in [7, 11) is -3.61. The third-order valence-electron chi connectivity index (χ3n) is 5.08. The summed E-state index contributed by atoms with van der Waals surface area (Å²) in [6.07, 6.45) is 3.25. The van der Waals surface area contributed by atoms with Gasteiger partial charge < -0.3 is 14.8 Å². The predicted octanol–water partition coefficient (Wildman–Crippen LogP) is 1.79. The minimum Gasteiger partial charge on any atom is -0.372 e. The monoisotopic (exact) mass is 405 g/mol. The highest BCUT2D eigenvalue weighted by Crippen LogP contribution is 2.19. The van der Waals surface area contributed by atoms with E-state index in [9.17, 15) is 13.2 Å². The van der Waals surface area contributed by atoms with Gasteiger partial charge in [0, 0.05) is 50.5 Å². The first kappa shape index (κ1) is 20.3. The molecule has 1 saturated heterocycles. The molecule has 0 unspecified atom stereocenters. The topological polar surface area (TPSA) is 89.6 Å². The van der Waals surface area contributed by atoms with Crippen molar-refractivity contribution in [1.82, 2.24) is 19.2 Å². The van der Waals surface area contributed by atoms with Gasteiger partial charge in [0.25, 0.3) is 15.9 Å². The number of nitrogens with one attached hydrogen (secondary N) is 1. The van der Waals surface area contributed by atoms with Gasteiger partial charge in [-0.3, -0.25) is 4.79 Å². The van der Waals surface area contributed by atoms with Gasteiger partial charge in [-0.1, -0.05) is 0 Å². The van der Waals surface area contributed by atoms with Crippen molar-refractivity contribution in [2.75, 3.05) is 44.2 Å². The molecular formula is C19H27N5O3S. The third kappa shape index (κ3) is 4.20. The number of anilines is 1. The number of carbonyl (C=O) groups is 1. The Morgan fingerprint density at radius 2 is 1.82 bits per heavy atom. The van der Waals surface area contributed by atoms with Crippen LogP contribution in [0.1, 0.15) is 30.6 Å². The number of nitrogens with zero attached hydrogens (tertiary/aromatic N) is 4. The number of hydrogen-bond acceptors (Lipinski definition) is 5. The number of aromatic amines is 1. The fourth-order valence-electron chi connectivity index (χ4n) is 3.45. The van der Waals surface area contributed by atoms with Crippen molar-refractivity contribution in [2.45, 2.75) is 25.3 Å². The van der Waals surface area contributed by atoms with E-state index in [2.05, 4.69) is 28.7 Å². The maximum Gasteiger partial charge on any atom is 0.260 e. The van der Waals surface area contributed by atoms with E-state index in [-0.39, 0.29) is 17.5 Å². The minimum absolute atomic E-state index is 0.0631. The molecule has 28 heavy (non-hydrogen) atoms. The van der Waals surface area contributed by atoms with E-state index in [0.29, 0.717) is 31.6 Å². The molecule has 0 saturated carbocycles. The van der Waals surface area contributed by atoms with Crippen molar-refractivity contribution in [3.8, 4) is 0 Å². The number of carbonyl (C=O) groups excluding carboxylic acids is 1. The molecule has 0 spiro atoms. The fraction of sp³-hybridized carbons (Fsp3) is 0.474. The second kappa shape index (κ2) is 8.74. The summed E-state index contributed by atoms with van der Waals surface area (Å²) < 4.78 is 26.7. The van der Waals surface area contributed by atoms with Gasteiger partial charge in [-0.15, -0.1) is 0 Å². The smallest absolute Gasteiger partial charge is 0.260 e. The van der Waals surface area contributed by atoms with Crippen LogP contribution in [0.15, 0.2) is 41.8 Å². The summed E-state index contributed by atoms with van der Waals surface area (Å²) in [5.74, 6) is -0.0631. The zero-order chi connectivity index (χ0) is 20.1. The first-order valence-corrected chi connectivity index (χ1v) is 11.0. The SMILES string of the molecule is CCN(CC)c1ccc(C(=O)N2CCCN(S(=O)(=O)c3cnc[nH]3)CC2)cc1. The Labute approximate surface area is 166 Å². The molecule has 8 nitrogen and oxygen atoms in total. The number of aromatic nitrogens is 2. The molecule has 1 aliphatic heterocycles. The van der Waals surface area contributed by atoms with Gasteiger partial charge in [0.1, 0.15) is 0 Å². The fourth-order valence-corrected chi connectivity index (χ4v) is 4.81. The molecule has 9 heteroatoms. The Morgan fingerprint density at radius 1 is 1.11 bits per heavy atom. The highest BCUT2D eigenvalue weighted by molar-refractivity contribution is 7.89. The molecule has 0 radical (unpaired) electrons. The first-order chi connectivity index (χ1) is 13.5. The average Bonchev–Trinajstić information content (AvgIpc) is 3.14. The summed E-state index contributed by atoms with van der Waals surface area (Å²) in [4.78, 5) is 23.3. The third-order valence-corrected chi connectivity index (χ3v) is 6.90. The summed E-state index contributed by atoms with van der Waals surface area (Å²) in [6, 6.07) is 7.63. The molecule has 2 heterocycles. The molecule has 3 rings (SSSR count). The van der Waals surface area contributed by atoms with Crippen molar-refractivity contribution in [3.63, 3.8) is 0 Å². The molecule has 1 fully saturated rings. The van der Waals surface area contributed by atoms with Crippen LogP contribution >= 0.6 is 0 Å². The van der Waals surface area contributed by atoms with Crippen molar-refractivity contribution < 1.29 is 13.2 Å². The van der Waals surface area contributed by atoms with Crippen LogP contribution < -0.4 is 4.90 Å². The van der Waals surface area contributed by atoms with Crippen LogP contribution in [0, 0.1) is 0 Å². The van der Waals surface area contributed by atoms with Gasteiger partial charge in [-0.2, -0.15) is 4.31 Å². The van der Waals surface area contributed by atoms with Crippen molar-refractivity contribution >= 4 is 21.6 Å². The summed E-state index contributed by atoms with van der Waals surface area (Å²) >= 11 is 0. The van der Waals surface area contributed by atoms with Gasteiger partial charge in [-0.05, 0) is 44.5 Å². The van der Waals surface area contributed by atoms with Crippen LogP contribution in [0.2, 0.25) is 0 Å². The highest BCUT2D eigenvalue weighted by Gasteiger charge is 2.29. The Morgan fingerprint density at radius 3 is 2.43 bits per heavy atom. The largest absolute Gasteiger partial charge is 0.372 e. The molecule has 1 aliphatic rings. The normalized spacial score (nSPS) is 16.0. The maximum absolute atomic E-state index is 12.9. The molecular weight excluding hydrogens is 378 g/mol. The first-order valence-electron chi connectivity index (χ1n) is 9.60. The van der Waals surface area contributed by atoms with Gasteiger partial charge >= 0.3 is 0 Å². The predicted molar refractivity (Wildman–Crippen MR) is 108 cm³/mol. The molecule has 0 atom stereocenters. The van der Waals surface area contributed by atoms with Crippen LogP contribution in [-0.2, 0) is 10.0 Å². The molecule has 1 N–H and O–H groups in total. The molecule has 1 amide bonds. The standard InChI is InChI=1S/C19H27N5O3S/c1-3-22(4-2)17-8-6-16(7-9-17)19(25)23-10-5-11-24(13-12-23)28(26,27)18-14-20-15-21-18/h6-9,14-15H,3-5,10-13H2,1-2H3,(H,20,21). The van der Waals surface area contributed by atoms with E-state index in [4.69, 9.17) is 0 Å². The van der Waals surface area contributed by atoms with E-state index >= 15 is 0 Å². The van der Waals surface area contributed by atoms with E-state index in [1.54, 1.807) is 4.90 Å². The summed E-state index contributed by atoms with van der Waals surface area (Å²) in [6.45, 7) is 7.57. The molecule has 2 aromatic rings. The van der Waals surface area contributed by atoms with Crippen molar-refractivity contribution in [2.24, 2.45) is 0 Å². The minimum atomic E-state index is -3.61. The second-order valence-corrected chi connectivity index (χ2v) is 8.59. The number of rotatable bonds is 6. The lowest BCUT2D eigenvalue weighted by molar-refractivity contribution is 0.0764. The highest BCUT2D eigenvalue weighted by atomic mass is 32.2. The Balaban J connectivity index is 1.67. The van der Waals surface area contributed by atoms with Gasteiger partial charge in [0.05, 0.1) is 12.5 Å². The molecule has 1 aromatic heterocycles. The van der Waals surface area contributed by atoms with E-state index < -0.39 is 10.0 Å². The number of hydrogen-bond donors (Lipinski definition) is 1. The van der Waals surface area contributed by atoms with E-state index in [1.165, 1.54) is 16.8 Å². The maximum atomic E-state index is 12.9. The van der Waals surface area contributed by atoms with E-state index in [1.807, 2.05) is 24.3 Å². The number of benzene rings is 1. The number of amides is 1. The molecule has 0 aliphatic carbocycles. The van der Waals surface area contributed by atoms with Gasteiger partial charge in [0.15, 0.2) is 5.03 Å². The van der Waals surface area contributed by atoms with E-state index in [0.717, 1.165) is 18.8 Å². The van der Waals surface area contributed by atoms with Crippen LogP contribution in [0.3, 0.4) is 0 Å². The quantitative estimate of drug-likeness (QED) is 0.791. The Hall–Kier alpha value is -2.39. The number of H-pyrrole nitrogens is 1. The second-order valence-electron chi connectivity index (χ2n) is 6.68. The molecule has 1 aromatic carbocycles. The Bertz CT molecular complexity index is 877. The zero-order valence-electron chi connectivity index (χ0n) is 16.3. The molecule has 152 valence electrons. The lowest BCUT2D eigenvalue weighted by Crippen LogP contribution is -2.37. The number of imidazole rings is 1. The Kier molecular flexibility index (Phi) is 6.35. The zero-order valence-corrected chi connectivity index (χ0v) is 17.2. The van der Waals surface area contributed by atoms with Crippen LogP contribution in [0.25, 0.3) is 0 Å². The molecule has 0 bridgehead atoms. The summed E-state index contributed by atoms with van der Waals surface area (Å²) in [5.41, 5.74) is 1.72. The lowest BCUT2D eigenvalue weighted by Gasteiger charge is -2.23. The van der Waals surface area contributed by atoms with Crippen molar-refractivity contribution in [1.29, 1.82) is 0 Å². The van der Waals surface area contributed by atoms with Gasteiger partial charge in [0.2, 0.25) is 0 Å². The van der Waals surface area contributed by atoms with Crippen LogP contribution in [0.5, 0.6) is 0 Å². The van der Waals surface area contributed by atoms with Crippen molar-refractivity contribution in [3.05, 3.63) is 42.4 Å². The van der Waals surface area contributed by atoms with Gasteiger partial charge in [-0.25, -0.2) is 13.4 Å². The lowest BCUT2D eigenvalue weighted by atomic mass is 10.1. The summed E-state index contributed by atoms with van der Waals surface area (Å²) in [5, 5.41) is 0.0827.